The van der Waals surface area contributed by atoms with E-state index in [1.165, 1.54) is 22.5 Å². The van der Waals surface area contributed by atoms with E-state index in [1.54, 1.807) is 17.1 Å². The molecule has 1 aliphatic heterocycles. The molecular formula is C21H22F3N5O3S. The maximum atomic E-state index is 13.0. The van der Waals surface area contributed by atoms with Crippen LogP contribution in [-0.4, -0.2) is 56.1 Å². The van der Waals surface area contributed by atoms with Crippen molar-refractivity contribution in [3.05, 3.63) is 64.1 Å². The average molecular weight is 482 g/mol. The Morgan fingerprint density at radius 3 is 2.42 bits per heavy atom. The molecule has 2 aromatic heterocycles. The summed E-state index contributed by atoms with van der Waals surface area (Å²) >= 11 is 1.46. The lowest BCUT2D eigenvalue weighted by Crippen LogP contribution is -2.38. The van der Waals surface area contributed by atoms with Crippen LogP contribution in [0, 0.1) is 0 Å². The maximum Gasteiger partial charge on any atom is 0.490 e. The van der Waals surface area contributed by atoms with Gasteiger partial charge in [0, 0.05) is 19.6 Å². The van der Waals surface area contributed by atoms with Crippen molar-refractivity contribution in [3.63, 3.8) is 0 Å². The number of carbonyl (C=O) groups is 2. The Balaban J connectivity index is 0.000000383. The second kappa shape index (κ2) is 10.6. The number of alkyl halides is 3. The van der Waals surface area contributed by atoms with E-state index in [9.17, 15) is 18.0 Å². The number of carboxylic acid groups (broad SMARTS) is 1. The fourth-order valence-electron chi connectivity index (χ4n) is 3.64. The van der Waals surface area contributed by atoms with E-state index in [1.807, 2.05) is 22.4 Å². The standard InChI is InChI=1S/C19H21N5OS.C2HF3O2/c20-13-15-3-1-2-4-16(15)14-5-9-23(10-6-14)19(25)18-17(7-12-26-18)24-11-8-21-22-24;3-2(4,5)1(6)7/h1-4,7-8,11-12,14H,5-6,9-10,13,20H2;(H,6,7). The molecule has 12 heteroatoms. The van der Waals surface area contributed by atoms with Crippen molar-refractivity contribution in [2.24, 2.45) is 5.73 Å². The van der Waals surface area contributed by atoms with Crippen LogP contribution in [-0.2, 0) is 11.3 Å². The summed E-state index contributed by atoms with van der Waals surface area (Å²) in [4.78, 5) is 24.6. The van der Waals surface area contributed by atoms with Gasteiger partial charge in [-0.05, 0) is 41.3 Å². The smallest absolute Gasteiger partial charge is 0.475 e. The second-order valence-corrected chi connectivity index (χ2v) is 8.17. The Morgan fingerprint density at radius 1 is 1.18 bits per heavy atom. The Labute approximate surface area is 191 Å². The number of halogens is 3. The Bertz CT molecular complexity index is 1080. The van der Waals surface area contributed by atoms with E-state index >= 15 is 0 Å². The lowest BCUT2D eigenvalue weighted by Gasteiger charge is -2.33. The highest BCUT2D eigenvalue weighted by Crippen LogP contribution is 2.32. The number of thiophene rings is 1. The monoisotopic (exact) mass is 481 g/mol. The molecule has 0 atom stereocenters. The molecule has 1 aliphatic rings. The van der Waals surface area contributed by atoms with Gasteiger partial charge < -0.3 is 15.7 Å². The van der Waals surface area contributed by atoms with Crippen LogP contribution in [0.3, 0.4) is 0 Å². The molecular weight excluding hydrogens is 459 g/mol. The predicted molar refractivity (Wildman–Crippen MR) is 115 cm³/mol. The number of carboxylic acids is 1. The number of aliphatic carboxylic acids is 1. The highest BCUT2D eigenvalue weighted by Gasteiger charge is 2.38. The van der Waals surface area contributed by atoms with Crippen molar-refractivity contribution >= 4 is 23.2 Å². The SMILES string of the molecule is NCc1ccccc1C1CCN(C(=O)c2sccc2-n2ccnn2)CC1.O=C(O)C(F)(F)F. The third-order valence-corrected chi connectivity index (χ3v) is 6.14. The van der Waals surface area contributed by atoms with Gasteiger partial charge >= 0.3 is 12.1 Å². The zero-order valence-corrected chi connectivity index (χ0v) is 18.2. The number of aromatic nitrogens is 3. The summed E-state index contributed by atoms with van der Waals surface area (Å²) in [5, 5.41) is 16.9. The summed E-state index contributed by atoms with van der Waals surface area (Å²) in [6, 6.07) is 10.3. The van der Waals surface area contributed by atoms with E-state index in [0.717, 1.165) is 36.5 Å². The molecule has 0 aliphatic carbocycles. The summed E-state index contributed by atoms with van der Waals surface area (Å²) in [6.45, 7) is 2.08. The first kappa shape index (κ1) is 24.4. The van der Waals surface area contributed by atoms with E-state index in [4.69, 9.17) is 15.6 Å². The normalized spacial score (nSPS) is 14.5. The van der Waals surface area contributed by atoms with Crippen LogP contribution in [0.15, 0.2) is 48.1 Å². The molecule has 0 radical (unpaired) electrons. The minimum atomic E-state index is -5.08. The number of rotatable bonds is 4. The zero-order valence-electron chi connectivity index (χ0n) is 17.4. The van der Waals surface area contributed by atoms with Gasteiger partial charge in [0.2, 0.25) is 0 Å². The average Bonchev–Trinajstić information content (AvgIpc) is 3.50. The lowest BCUT2D eigenvalue weighted by atomic mass is 9.86. The molecule has 3 heterocycles. The summed E-state index contributed by atoms with van der Waals surface area (Å²) in [6.07, 6.45) is 0.223. The molecule has 1 fully saturated rings. The number of nitrogens with zero attached hydrogens (tertiary/aromatic N) is 4. The molecule has 0 unspecified atom stereocenters. The summed E-state index contributed by atoms with van der Waals surface area (Å²) in [5.41, 5.74) is 9.23. The maximum absolute atomic E-state index is 13.0. The van der Waals surface area contributed by atoms with Crippen LogP contribution in [0.1, 0.15) is 39.6 Å². The Kier molecular flexibility index (Phi) is 7.82. The topological polar surface area (TPSA) is 114 Å². The van der Waals surface area contributed by atoms with Crippen molar-refractivity contribution in [2.75, 3.05) is 13.1 Å². The van der Waals surface area contributed by atoms with Crippen LogP contribution >= 0.6 is 11.3 Å². The molecule has 3 N–H and O–H groups in total. The first-order valence-corrected chi connectivity index (χ1v) is 10.9. The van der Waals surface area contributed by atoms with Crippen LogP contribution in [0.5, 0.6) is 0 Å². The lowest BCUT2D eigenvalue weighted by molar-refractivity contribution is -0.192. The Hall–Kier alpha value is -3.25. The first-order chi connectivity index (χ1) is 15.7. The Morgan fingerprint density at radius 2 is 1.85 bits per heavy atom. The molecule has 1 saturated heterocycles. The van der Waals surface area contributed by atoms with E-state index in [-0.39, 0.29) is 5.91 Å². The van der Waals surface area contributed by atoms with Gasteiger partial charge in [-0.25, -0.2) is 9.48 Å². The number of hydrogen-bond acceptors (Lipinski definition) is 6. The number of benzene rings is 1. The van der Waals surface area contributed by atoms with Crippen molar-refractivity contribution < 1.29 is 27.9 Å². The fourth-order valence-corrected chi connectivity index (χ4v) is 4.48. The molecule has 176 valence electrons. The van der Waals surface area contributed by atoms with E-state index in [0.29, 0.717) is 12.5 Å². The molecule has 8 nitrogen and oxygen atoms in total. The molecule has 4 rings (SSSR count). The minimum Gasteiger partial charge on any atom is -0.475 e. The number of piperidine rings is 1. The number of carbonyl (C=O) groups excluding carboxylic acids is 1. The third kappa shape index (κ3) is 5.96. The van der Waals surface area contributed by atoms with Crippen LogP contribution < -0.4 is 5.73 Å². The molecule has 33 heavy (non-hydrogen) atoms. The van der Waals surface area contributed by atoms with Gasteiger partial charge in [0.1, 0.15) is 4.88 Å². The van der Waals surface area contributed by atoms with Gasteiger partial charge in [-0.3, -0.25) is 4.79 Å². The van der Waals surface area contributed by atoms with Crippen molar-refractivity contribution in [1.29, 1.82) is 0 Å². The molecule has 1 amide bonds. The van der Waals surface area contributed by atoms with Crippen molar-refractivity contribution in [1.82, 2.24) is 19.9 Å². The van der Waals surface area contributed by atoms with Gasteiger partial charge in [0.15, 0.2) is 0 Å². The molecule has 0 spiro atoms. The summed E-state index contributed by atoms with van der Waals surface area (Å²) < 4.78 is 33.4. The van der Waals surface area contributed by atoms with Gasteiger partial charge in [0.25, 0.3) is 5.91 Å². The van der Waals surface area contributed by atoms with Crippen LogP contribution in [0.2, 0.25) is 0 Å². The first-order valence-electron chi connectivity index (χ1n) is 10.0. The van der Waals surface area contributed by atoms with Gasteiger partial charge in [-0.2, -0.15) is 13.2 Å². The predicted octanol–water partition coefficient (Wildman–Crippen LogP) is 3.44. The molecule has 1 aromatic carbocycles. The van der Waals surface area contributed by atoms with Gasteiger partial charge in [0.05, 0.1) is 18.1 Å². The minimum absolute atomic E-state index is 0.0797. The fraction of sp³-hybridized carbons (Fsp3) is 0.333. The number of amides is 1. The van der Waals surface area contributed by atoms with E-state index < -0.39 is 12.1 Å². The highest BCUT2D eigenvalue weighted by atomic mass is 32.1. The number of likely N-dealkylation sites (tertiary alicyclic amines) is 1. The van der Waals surface area contributed by atoms with Crippen molar-refractivity contribution in [2.45, 2.75) is 31.5 Å². The third-order valence-electron chi connectivity index (χ3n) is 5.25. The summed E-state index contributed by atoms with van der Waals surface area (Å²) in [5.74, 6) is -2.21. The summed E-state index contributed by atoms with van der Waals surface area (Å²) in [7, 11) is 0. The second-order valence-electron chi connectivity index (χ2n) is 7.25. The van der Waals surface area contributed by atoms with Crippen LogP contribution in [0.4, 0.5) is 13.2 Å². The van der Waals surface area contributed by atoms with Gasteiger partial charge in [-0.1, -0.05) is 29.5 Å². The quantitative estimate of drug-likeness (QED) is 0.590. The van der Waals surface area contributed by atoms with Crippen molar-refractivity contribution in [3.8, 4) is 5.69 Å². The van der Waals surface area contributed by atoms with Gasteiger partial charge in [-0.15, -0.1) is 16.4 Å². The van der Waals surface area contributed by atoms with Crippen LogP contribution in [0.25, 0.3) is 5.69 Å². The zero-order chi connectivity index (χ0) is 24.0. The number of hydrogen-bond donors (Lipinski definition) is 2. The molecule has 0 bridgehead atoms. The molecule has 0 saturated carbocycles. The van der Waals surface area contributed by atoms with E-state index in [2.05, 4.69) is 28.5 Å². The molecule has 3 aromatic rings. The number of nitrogens with two attached hydrogens (primary N) is 1. The highest BCUT2D eigenvalue weighted by molar-refractivity contribution is 7.12. The largest absolute Gasteiger partial charge is 0.490 e.